The van der Waals surface area contributed by atoms with Crippen molar-refractivity contribution in [2.45, 2.75) is 25.6 Å². The first-order chi connectivity index (χ1) is 8.16. The van der Waals surface area contributed by atoms with E-state index >= 15 is 0 Å². The van der Waals surface area contributed by atoms with Crippen molar-refractivity contribution in [3.05, 3.63) is 52.0 Å². The number of aryl methyl sites for hydroxylation is 1. The van der Waals surface area contributed by atoms with Crippen LogP contribution < -0.4 is 0 Å². The summed E-state index contributed by atoms with van der Waals surface area (Å²) in [5.41, 5.74) is 2.34. The number of hydrogen-bond acceptors (Lipinski definition) is 2. The molecule has 17 heavy (non-hydrogen) atoms. The van der Waals surface area contributed by atoms with Crippen molar-refractivity contribution in [1.29, 1.82) is 0 Å². The molecule has 90 valence electrons. The van der Waals surface area contributed by atoms with E-state index in [2.05, 4.69) is 29.4 Å². The highest BCUT2D eigenvalue weighted by atomic mass is 35.5. The first-order valence-corrected chi connectivity index (χ1v) is 7.08. The van der Waals surface area contributed by atoms with Gasteiger partial charge in [0.05, 0.1) is 16.1 Å². The van der Waals surface area contributed by atoms with E-state index in [0.29, 0.717) is 5.92 Å². The minimum atomic E-state index is 0.0539. The van der Waals surface area contributed by atoms with Crippen molar-refractivity contribution in [1.82, 2.24) is 4.98 Å². The topological polar surface area (TPSA) is 12.9 Å². The first-order valence-electron chi connectivity index (χ1n) is 5.77. The van der Waals surface area contributed by atoms with Gasteiger partial charge >= 0.3 is 0 Å². The third kappa shape index (κ3) is 3.30. The molecule has 0 amide bonds. The van der Waals surface area contributed by atoms with Gasteiger partial charge in [-0.2, -0.15) is 0 Å². The maximum atomic E-state index is 6.49. The smallest absolute Gasteiger partial charge is 0.0897 e. The van der Waals surface area contributed by atoms with Gasteiger partial charge < -0.3 is 0 Å². The van der Waals surface area contributed by atoms with Crippen LogP contribution in [0.4, 0.5) is 0 Å². The van der Waals surface area contributed by atoms with Gasteiger partial charge in [0.25, 0.3) is 0 Å². The second-order valence-corrected chi connectivity index (χ2v) is 5.88. The summed E-state index contributed by atoms with van der Waals surface area (Å²) in [7, 11) is 0. The van der Waals surface area contributed by atoms with Gasteiger partial charge in [-0.05, 0) is 24.8 Å². The Morgan fingerprint density at radius 1 is 1.29 bits per heavy atom. The number of aromatic nitrogens is 1. The average Bonchev–Trinajstić information content (AvgIpc) is 2.75. The molecule has 2 atom stereocenters. The van der Waals surface area contributed by atoms with Crippen LogP contribution in [0.25, 0.3) is 0 Å². The molecule has 1 nitrogen and oxygen atoms in total. The summed E-state index contributed by atoms with van der Waals surface area (Å²) in [5.74, 6) is 0.389. The van der Waals surface area contributed by atoms with Crippen molar-refractivity contribution < 1.29 is 0 Å². The van der Waals surface area contributed by atoms with E-state index in [9.17, 15) is 0 Å². The molecule has 0 aliphatic rings. The molecule has 2 aromatic rings. The van der Waals surface area contributed by atoms with Gasteiger partial charge in [0.2, 0.25) is 0 Å². The highest BCUT2D eigenvalue weighted by Gasteiger charge is 2.17. The van der Waals surface area contributed by atoms with Crippen molar-refractivity contribution in [2.75, 3.05) is 0 Å². The predicted octanol–water partition coefficient (Wildman–Crippen LogP) is 4.61. The van der Waals surface area contributed by atoms with Gasteiger partial charge in [0, 0.05) is 5.38 Å². The summed E-state index contributed by atoms with van der Waals surface area (Å²) in [4.78, 5) is 4.49. The van der Waals surface area contributed by atoms with E-state index < -0.39 is 0 Å². The third-order valence-corrected chi connectivity index (χ3v) is 4.32. The Labute approximate surface area is 111 Å². The Balaban J connectivity index is 2.03. The Hall–Kier alpha value is -0.860. The lowest BCUT2D eigenvalue weighted by Crippen LogP contribution is -2.07. The van der Waals surface area contributed by atoms with Crippen LogP contribution in [0.2, 0.25) is 0 Å². The second kappa shape index (κ2) is 5.65. The maximum Gasteiger partial charge on any atom is 0.0897 e. The van der Waals surface area contributed by atoms with Gasteiger partial charge in [-0.3, -0.25) is 0 Å². The minimum absolute atomic E-state index is 0.0539. The number of nitrogens with zero attached hydrogens (tertiary/aromatic N) is 1. The summed E-state index contributed by atoms with van der Waals surface area (Å²) in [6.45, 7) is 4.22. The van der Waals surface area contributed by atoms with Crippen molar-refractivity contribution in [3.8, 4) is 0 Å². The molecular formula is C14H16ClNS. The number of rotatable bonds is 4. The van der Waals surface area contributed by atoms with Gasteiger partial charge in [-0.1, -0.05) is 37.3 Å². The van der Waals surface area contributed by atoms with E-state index in [1.165, 1.54) is 5.56 Å². The van der Waals surface area contributed by atoms with Crippen molar-refractivity contribution >= 4 is 22.9 Å². The van der Waals surface area contributed by atoms with Crippen LogP contribution in [0, 0.1) is 12.8 Å². The molecule has 2 unspecified atom stereocenters. The quantitative estimate of drug-likeness (QED) is 0.736. The Kier molecular flexibility index (Phi) is 4.19. The standard InChI is InChI=1S/C14H16ClNS/c1-10(8-13-9-17-11(2)16-13)14(15)12-6-4-3-5-7-12/h3-7,9-10,14H,8H2,1-2H3. The lowest BCUT2D eigenvalue weighted by atomic mass is 9.96. The SMILES string of the molecule is Cc1nc(CC(C)C(Cl)c2ccccc2)cs1. The van der Waals surface area contributed by atoms with Crippen LogP contribution in [-0.2, 0) is 6.42 Å². The summed E-state index contributed by atoms with van der Waals surface area (Å²) in [6.07, 6.45) is 0.938. The molecule has 0 radical (unpaired) electrons. The van der Waals surface area contributed by atoms with E-state index in [1.54, 1.807) is 11.3 Å². The van der Waals surface area contributed by atoms with E-state index in [4.69, 9.17) is 11.6 Å². The largest absolute Gasteiger partial charge is 0.247 e. The average molecular weight is 266 g/mol. The van der Waals surface area contributed by atoms with Crippen LogP contribution in [0.5, 0.6) is 0 Å². The molecule has 1 aromatic carbocycles. The minimum Gasteiger partial charge on any atom is -0.247 e. The molecule has 3 heteroatoms. The van der Waals surface area contributed by atoms with Gasteiger partial charge in [0.15, 0.2) is 0 Å². The predicted molar refractivity (Wildman–Crippen MR) is 74.8 cm³/mol. The molecule has 0 bridgehead atoms. The zero-order valence-electron chi connectivity index (χ0n) is 10.1. The Bertz CT molecular complexity index is 466. The fourth-order valence-corrected chi connectivity index (χ4v) is 2.76. The molecule has 2 rings (SSSR count). The number of thiazole rings is 1. The number of hydrogen-bond donors (Lipinski definition) is 0. The zero-order valence-corrected chi connectivity index (χ0v) is 11.6. The lowest BCUT2D eigenvalue weighted by Gasteiger charge is -2.17. The van der Waals surface area contributed by atoms with Crippen LogP contribution in [-0.4, -0.2) is 4.98 Å². The fourth-order valence-electron chi connectivity index (χ4n) is 1.90. The molecule has 0 saturated heterocycles. The maximum absolute atomic E-state index is 6.49. The Morgan fingerprint density at radius 2 is 2.00 bits per heavy atom. The molecular weight excluding hydrogens is 250 g/mol. The molecule has 0 N–H and O–H groups in total. The van der Waals surface area contributed by atoms with Gasteiger partial charge in [-0.15, -0.1) is 22.9 Å². The molecule has 0 aliphatic carbocycles. The molecule has 1 heterocycles. The number of benzene rings is 1. The number of alkyl halides is 1. The highest BCUT2D eigenvalue weighted by Crippen LogP contribution is 2.31. The monoisotopic (exact) mass is 265 g/mol. The van der Waals surface area contributed by atoms with Crippen molar-refractivity contribution in [2.24, 2.45) is 5.92 Å². The Morgan fingerprint density at radius 3 is 2.59 bits per heavy atom. The van der Waals surface area contributed by atoms with E-state index in [-0.39, 0.29) is 5.38 Å². The van der Waals surface area contributed by atoms with Crippen LogP contribution in [0.15, 0.2) is 35.7 Å². The number of halogens is 1. The van der Waals surface area contributed by atoms with Crippen LogP contribution in [0.1, 0.15) is 28.6 Å². The van der Waals surface area contributed by atoms with Crippen LogP contribution in [0.3, 0.4) is 0 Å². The fraction of sp³-hybridized carbons (Fsp3) is 0.357. The van der Waals surface area contributed by atoms with Crippen LogP contribution >= 0.6 is 22.9 Å². The summed E-state index contributed by atoms with van der Waals surface area (Å²) < 4.78 is 0. The molecule has 0 spiro atoms. The first kappa shape index (κ1) is 12.6. The zero-order chi connectivity index (χ0) is 12.3. The molecule has 0 fully saturated rings. The van der Waals surface area contributed by atoms with Gasteiger partial charge in [0.1, 0.15) is 0 Å². The summed E-state index contributed by atoms with van der Waals surface area (Å²) >= 11 is 8.19. The van der Waals surface area contributed by atoms with E-state index in [1.807, 2.05) is 25.1 Å². The highest BCUT2D eigenvalue weighted by molar-refractivity contribution is 7.09. The lowest BCUT2D eigenvalue weighted by molar-refractivity contribution is 0.552. The molecule has 1 aromatic heterocycles. The molecule has 0 saturated carbocycles. The normalized spacial score (nSPS) is 14.5. The summed E-state index contributed by atoms with van der Waals surface area (Å²) in [6, 6.07) is 10.2. The van der Waals surface area contributed by atoms with Crippen molar-refractivity contribution in [3.63, 3.8) is 0 Å². The second-order valence-electron chi connectivity index (χ2n) is 4.35. The van der Waals surface area contributed by atoms with Gasteiger partial charge in [-0.25, -0.2) is 4.98 Å². The summed E-state index contributed by atoms with van der Waals surface area (Å²) in [5, 5.41) is 3.30. The van der Waals surface area contributed by atoms with E-state index in [0.717, 1.165) is 17.1 Å². The molecule has 0 aliphatic heterocycles. The third-order valence-electron chi connectivity index (χ3n) is 2.82.